The van der Waals surface area contributed by atoms with Crippen molar-refractivity contribution in [2.45, 2.75) is 26.7 Å². The van der Waals surface area contributed by atoms with Crippen LogP contribution in [-0.4, -0.2) is 30.9 Å². The number of ether oxygens (including phenoxy) is 1. The summed E-state index contributed by atoms with van der Waals surface area (Å²) in [5, 5.41) is 3.39. The Kier molecular flexibility index (Phi) is 6.54. The first-order chi connectivity index (χ1) is 13.9. The normalized spacial score (nSPS) is 16.0. The second kappa shape index (κ2) is 9.09. The maximum absolute atomic E-state index is 12.6. The number of nitrogens with one attached hydrogen (secondary N) is 1. The van der Waals surface area contributed by atoms with Crippen LogP contribution >= 0.6 is 11.6 Å². The van der Waals surface area contributed by atoms with Crippen molar-refractivity contribution in [2.24, 2.45) is 5.92 Å². The predicted octanol–water partition coefficient (Wildman–Crippen LogP) is 4.21. The van der Waals surface area contributed by atoms with Gasteiger partial charge in [0.1, 0.15) is 0 Å². The summed E-state index contributed by atoms with van der Waals surface area (Å²) in [5.74, 6) is -1.20. The molecule has 1 heterocycles. The van der Waals surface area contributed by atoms with Crippen molar-refractivity contribution in [2.75, 3.05) is 23.4 Å². The van der Waals surface area contributed by atoms with E-state index in [0.29, 0.717) is 35.1 Å². The molecule has 6 nitrogen and oxygen atoms in total. The summed E-state index contributed by atoms with van der Waals surface area (Å²) in [7, 11) is 0. The van der Waals surface area contributed by atoms with Gasteiger partial charge in [-0.05, 0) is 55.3 Å². The smallest absolute Gasteiger partial charge is 0.338 e. The monoisotopic (exact) mass is 414 g/mol. The molecule has 3 rings (SSSR count). The molecular weight excluding hydrogens is 392 g/mol. The van der Waals surface area contributed by atoms with Crippen molar-refractivity contribution >= 4 is 40.8 Å². The van der Waals surface area contributed by atoms with Gasteiger partial charge in [-0.3, -0.25) is 9.59 Å². The van der Waals surface area contributed by atoms with Crippen LogP contribution in [0.2, 0.25) is 5.02 Å². The van der Waals surface area contributed by atoms with Crippen LogP contribution in [0.15, 0.2) is 42.5 Å². The molecule has 29 heavy (non-hydrogen) atoms. The largest absolute Gasteiger partial charge is 0.462 e. The zero-order valence-corrected chi connectivity index (χ0v) is 17.2. The first-order valence-electron chi connectivity index (χ1n) is 9.53. The third-order valence-electron chi connectivity index (χ3n) is 4.79. The molecule has 1 fully saturated rings. The molecule has 0 aliphatic carbocycles. The molecule has 1 aliphatic rings. The van der Waals surface area contributed by atoms with E-state index in [0.717, 1.165) is 12.0 Å². The molecule has 0 saturated carbocycles. The molecule has 2 amide bonds. The Morgan fingerprint density at radius 2 is 1.93 bits per heavy atom. The Morgan fingerprint density at radius 1 is 1.21 bits per heavy atom. The molecule has 2 aromatic carbocycles. The minimum absolute atomic E-state index is 0.112. The van der Waals surface area contributed by atoms with Gasteiger partial charge in [0.25, 0.3) is 0 Å². The highest BCUT2D eigenvalue weighted by Crippen LogP contribution is 2.29. The number of benzene rings is 2. The van der Waals surface area contributed by atoms with E-state index in [-0.39, 0.29) is 18.2 Å². The molecule has 2 aromatic rings. The molecule has 0 bridgehead atoms. The van der Waals surface area contributed by atoms with Crippen molar-refractivity contribution in [3.63, 3.8) is 0 Å². The van der Waals surface area contributed by atoms with E-state index in [1.165, 1.54) is 0 Å². The first kappa shape index (κ1) is 20.9. The van der Waals surface area contributed by atoms with Crippen molar-refractivity contribution in [3.05, 3.63) is 58.6 Å². The topological polar surface area (TPSA) is 75.7 Å². The summed E-state index contributed by atoms with van der Waals surface area (Å²) in [5.41, 5.74) is 2.61. The van der Waals surface area contributed by atoms with Crippen molar-refractivity contribution in [3.8, 4) is 0 Å². The van der Waals surface area contributed by atoms with Crippen molar-refractivity contribution in [1.82, 2.24) is 0 Å². The van der Waals surface area contributed by atoms with E-state index in [9.17, 15) is 14.4 Å². The molecule has 1 aliphatic heterocycles. The lowest BCUT2D eigenvalue weighted by Crippen LogP contribution is -2.28. The zero-order chi connectivity index (χ0) is 21.0. The zero-order valence-electron chi connectivity index (χ0n) is 16.4. The number of aryl methyl sites for hydroxylation is 1. The Labute approximate surface area is 174 Å². The number of amides is 2. The Balaban J connectivity index is 1.62. The number of rotatable bonds is 6. The van der Waals surface area contributed by atoms with Crippen LogP contribution in [0, 0.1) is 12.8 Å². The molecule has 1 N–H and O–H groups in total. The van der Waals surface area contributed by atoms with Crippen LogP contribution in [0.3, 0.4) is 0 Å². The van der Waals surface area contributed by atoms with Gasteiger partial charge < -0.3 is 15.0 Å². The molecule has 0 radical (unpaired) electrons. The van der Waals surface area contributed by atoms with Gasteiger partial charge >= 0.3 is 5.97 Å². The fourth-order valence-electron chi connectivity index (χ4n) is 3.09. The lowest BCUT2D eigenvalue weighted by molar-refractivity contribution is -0.122. The van der Waals surface area contributed by atoms with E-state index in [1.54, 1.807) is 35.2 Å². The summed E-state index contributed by atoms with van der Waals surface area (Å²) >= 11 is 6.16. The number of nitrogens with zero attached hydrogens (tertiary/aromatic N) is 1. The molecular formula is C22H23ClN2O4. The SMILES string of the molecule is CCCOC(=O)c1ccc(NC(=O)[C@@H]2CC(=O)N(c3ccc(C)c(Cl)c3)C2)cc1. The highest BCUT2D eigenvalue weighted by atomic mass is 35.5. The molecule has 1 atom stereocenters. The second-order valence-corrected chi connectivity index (χ2v) is 7.45. The van der Waals surface area contributed by atoms with Gasteiger partial charge in [0.05, 0.1) is 18.1 Å². The fourth-order valence-corrected chi connectivity index (χ4v) is 3.27. The van der Waals surface area contributed by atoms with E-state index >= 15 is 0 Å². The molecule has 1 saturated heterocycles. The highest BCUT2D eigenvalue weighted by molar-refractivity contribution is 6.31. The van der Waals surface area contributed by atoms with Gasteiger partial charge in [0.2, 0.25) is 11.8 Å². The van der Waals surface area contributed by atoms with Crippen LogP contribution in [0.1, 0.15) is 35.7 Å². The third kappa shape index (κ3) is 4.95. The molecule has 152 valence electrons. The Bertz CT molecular complexity index is 927. The van der Waals surface area contributed by atoms with Gasteiger partial charge in [0.15, 0.2) is 0 Å². The third-order valence-corrected chi connectivity index (χ3v) is 5.20. The number of anilines is 2. The quantitative estimate of drug-likeness (QED) is 0.718. The van der Waals surface area contributed by atoms with Crippen LogP contribution in [0.25, 0.3) is 0 Å². The van der Waals surface area contributed by atoms with Gasteiger partial charge in [0, 0.05) is 29.4 Å². The van der Waals surface area contributed by atoms with Crippen LogP contribution in [-0.2, 0) is 14.3 Å². The van der Waals surface area contributed by atoms with E-state index in [2.05, 4.69) is 5.32 Å². The van der Waals surface area contributed by atoms with Gasteiger partial charge in [-0.1, -0.05) is 24.6 Å². The van der Waals surface area contributed by atoms with E-state index in [4.69, 9.17) is 16.3 Å². The minimum Gasteiger partial charge on any atom is -0.462 e. The lowest BCUT2D eigenvalue weighted by atomic mass is 10.1. The summed E-state index contributed by atoms with van der Waals surface area (Å²) in [6.45, 7) is 4.48. The number of carbonyl (C=O) groups excluding carboxylic acids is 3. The number of hydrogen-bond acceptors (Lipinski definition) is 4. The van der Waals surface area contributed by atoms with Crippen molar-refractivity contribution < 1.29 is 19.1 Å². The number of esters is 1. The van der Waals surface area contributed by atoms with Gasteiger partial charge in [-0.25, -0.2) is 4.79 Å². The average molecular weight is 415 g/mol. The lowest BCUT2D eigenvalue weighted by Gasteiger charge is -2.17. The number of halogens is 1. The number of carbonyl (C=O) groups is 3. The molecule has 0 aromatic heterocycles. The number of hydrogen-bond donors (Lipinski definition) is 1. The fraction of sp³-hybridized carbons (Fsp3) is 0.318. The molecule has 0 spiro atoms. The highest BCUT2D eigenvalue weighted by Gasteiger charge is 2.35. The first-order valence-corrected chi connectivity index (χ1v) is 9.91. The summed E-state index contributed by atoms with van der Waals surface area (Å²) in [6, 6.07) is 11.9. The molecule has 7 heteroatoms. The summed E-state index contributed by atoms with van der Waals surface area (Å²) < 4.78 is 5.08. The minimum atomic E-state index is -0.461. The van der Waals surface area contributed by atoms with Crippen molar-refractivity contribution in [1.29, 1.82) is 0 Å². The van der Waals surface area contributed by atoms with Crippen LogP contribution in [0.4, 0.5) is 11.4 Å². The standard InChI is InChI=1S/C22H23ClN2O4/c1-3-10-29-22(28)15-5-7-17(8-6-15)24-21(27)16-11-20(26)25(13-16)18-9-4-14(2)19(23)12-18/h4-9,12,16H,3,10-11,13H2,1-2H3,(H,24,27)/t16-/m1/s1. The van der Waals surface area contributed by atoms with Gasteiger partial charge in [-0.2, -0.15) is 0 Å². The van der Waals surface area contributed by atoms with E-state index in [1.807, 2.05) is 26.0 Å². The van der Waals surface area contributed by atoms with E-state index < -0.39 is 11.9 Å². The summed E-state index contributed by atoms with van der Waals surface area (Å²) in [6.07, 6.45) is 0.893. The second-order valence-electron chi connectivity index (χ2n) is 7.04. The summed E-state index contributed by atoms with van der Waals surface area (Å²) in [4.78, 5) is 38.4. The average Bonchev–Trinajstić information content (AvgIpc) is 3.10. The Hall–Kier alpha value is -2.86. The molecule has 0 unspecified atom stereocenters. The van der Waals surface area contributed by atoms with Crippen LogP contribution in [0.5, 0.6) is 0 Å². The maximum Gasteiger partial charge on any atom is 0.338 e. The Morgan fingerprint density at radius 3 is 2.59 bits per heavy atom. The predicted molar refractivity (Wildman–Crippen MR) is 112 cm³/mol. The van der Waals surface area contributed by atoms with Gasteiger partial charge in [-0.15, -0.1) is 0 Å². The van der Waals surface area contributed by atoms with Crippen LogP contribution < -0.4 is 10.2 Å². The maximum atomic E-state index is 12.6.